The normalized spacial score (nSPS) is 12.5. The first-order valence-corrected chi connectivity index (χ1v) is 6.52. The van der Waals surface area contributed by atoms with Gasteiger partial charge in [0.2, 0.25) is 0 Å². The second-order valence-corrected chi connectivity index (χ2v) is 4.52. The van der Waals surface area contributed by atoms with Gasteiger partial charge in [0.25, 0.3) is 0 Å². The van der Waals surface area contributed by atoms with Crippen LogP contribution < -0.4 is 10.1 Å². The average molecular weight is 251 g/mol. The molecule has 0 aliphatic carbocycles. The number of benzene rings is 1. The first-order chi connectivity index (χ1) is 8.65. The Balaban J connectivity index is 3.06. The summed E-state index contributed by atoms with van der Waals surface area (Å²) < 4.78 is 10.8. The molecule has 1 aromatic carbocycles. The number of hydrogen-bond donors (Lipinski definition) is 1. The Kier molecular flexibility index (Phi) is 6.16. The molecule has 0 bridgehead atoms. The Morgan fingerprint density at radius 2 is 1.94 bits per heavy atom. The lowest BCUT2D eigenvalue weighted by atomic mass is 9.97. The van der Waals surface area contributed by atoms with Crippen LogP contribution in [0.3, 0.4) is 0 Å². The smallest absolute Gasteiger partial charge is 0.126 e. The van der Waals surface area contributed by atoms with Crippen LogP contribution in [0.5, 0.6) is 5.75 Å². The van der Waals surface area contributed by atoms with Gasteiger partial charge in [0, 0.05) is 25.3 Å². The van der Waals surface area contributed by atoms with E-state index < -0.39 is 0 Å². The average Bonchev–Trinajstić information content (AvgIpc) is 2.37. The fraction of sp³-hybridized carbons (Fsp3) is 0.600. The molecule has 1 aromatic rings. The molecule has 1 atom stereocenters. The highest BCUT2D eigenvalue weighted by Crippen LogP contribution is 2.32. The van der Waals surface area contributed by atoms with Crippen molar-refractivity contribution in [2.75, 3.05) is 27.4 Å². The van der Waals surface area contributed by atoms with Crippen LogP contribution in [0.4, 0.5) is 0 Å². The van der Waals surface area contributed by atoms with Gasteiger partial charge < -0.3 is 14.8 Å². The van der Waals surface area contributed by atoms with Gasteiger partial charge in [-0.15, -0.1) is 0 Å². The van der Waals surface area contributed by atoms with Crippen LogP contribution in [0.15, 0.2) is 12.1 Å². The first-order valence-electron chi connectivity index (χ1n) is 6.52. The molecular weight excluding hydrogens is 226 g/mol. The van der Waals surface area contributed by atoms with E-state index in [0.717, 1.165) is 25.3 Å². The van der Waals surface area contributed by atoms with Gasteiger partial charge in [-0.1, -0.05) is 19.1 Å². The van der Waals surface area contributed by atoms with Crippen molar-refractivity contribution in [1.29, 1.82) is 0 Å². The number of methoxy groups -OCH3 is 2. The molecule has 0 fully saturated rings. The predicted octanol–water partition coefficient (Wildman–Crippen LogP) is 3.00. The van der Waals surface area contributed by atoms with Crippen LogP contribution in [0, 0.1) is 13.8 Å². The summed E-state index contributed by atoms with van der Waals surface area (Å²) in [5.74, 6) is 0.997. The van der Waals surface area contributed by atoms with Gasteiger partial charge in [0.1, 0.15) is 5.75 Å². The van der Waals surface area contributed by atoms with Gasteiger partial charge in [-0.05, 0) is 37.9 Å². The molecule has 102 valence electrons. The first kappa shape index (κ1) is 15.0. The molecular formula is C15H25NO2. The molecule has 1 rings (SSSR count). The second-order valence-electron chi connectivity index (χ2n) is 4.52. The lowest BCUT2D eigenvalue weighted by molar-refractivity contribution is 0.182. The fourth-order valence-electron chi connectivity index (χ4n) is 2.21. The number of hydrogen-bond acceptors (Lipinski definition) is 3. The molecule has 3 nitrogen and oxygen atoms in total. The van der Waals surface area contributed by atoms with Gasteiger partial charge >= 0.3 is 0 Å². The molecule has 0 radical (unpaired) electrons. The molecule has 0 saturated heterocycles. The minimum Gasteiger partial charge on any atom is -0.496 e. The lowest BCUT2D eigenvalue weighted by Crippen LogP contribution is -2.23. The Morgan fingerprint density at radius 3 is 2.50 bits per heavy atom. The van der Waals surface area contributed by atoms with E-state index in [1.54, 1.807) is 14.2 Å². The van der Waals surface area contributed by atoms with Gasteiger partial charge in [-0.2, -0.15) is 0 Å². The fourth-order valence-corrected chi connectivity index (χ4v) is 2.21. The highest BCUT2D eigenvalue weighted by molar-refractivity contribution is 5.46. The largest absolute Gasteiger partial charge is 0.496 e. The zero-order valence-corrected chi connectivity index (χ0v) is 12.2. The highest BCUT2D eigenvalue weighted by Gasteiger charge is 2.17. The van der Waals surface area contributed by atoms with Crippen LogP contribution in [0.1, 0.15) is 36.1 Å². The predicted molar refractivity (Wildman–Crippen MR) is 75.4 cm³/mol. The topological polar surface area (TPSA) is 30.5 Å². The van der Waals surface area contributed by atoms with Crippen molar-refractivity contribution in [3.05, 3.63) is 28.8 Å². The molecule has 3 heteroatoms. The molecule has 1 N–H and O–H groups in total. The van der Waals surface area contributed by atoms with Gasteiger partial charge in [-0.3, -0.25) is 0 Å². The van der Waals surface area contributed by atoms with Crippen molar-refractivity contribution < 1.29 is 9.47 Å². The maximum absolute atomic E-state index is 5.58. The van der Waals surface area contributed by atoms with E-state index in [-0.39, 0.29) is 6.04 Å². The SMILES string of the molecule is CCNC(CCOC)c1ccc(C)c(C)c1OC. The van der Waals surface area contributed by atoms with Gasteiger partial charge in [0.15, 0.2) is 0 Å². The maximum Gasteiger partial charge on any atom is 0.126 e. The minimum atomic E-state index is 0.282. The van der Waals surface area contributed by atoms with E-state index in [4.69, 9.17) is 9.47 Å². The van der Waals surface area contributed by atoms with Crippen LogP contribution in [-0.4, -0.2) is 27.4 Å². The third-order valence-corrected chi connectivity index (χ3v) is 3.35. The maximum atomic E-state index is 5.58. The summed E-state index contributed by atoms with van der Waals surface area (Å²) in [6, 6.07) is 4.60. The van der Waals surface area contributed by atoms with E-state index in [1.807, 2.05) is 0 Å². The van der Waals surface area contributed by atoms with Crippen LogP contribution in [0.2, 0.25) is 0 Å². The van der Waals surface area contributed by atoms with E-state index in [2.05, 4.69) is 38.2 Å². The van der Waals surface area contributed by atoms with Crippen molar-refractivity contribution >= 4 is 0 Å². The number of ether oxygens (including phenoxy) is 2. The molecule has 18 heavy (non-hydrogen) atoms. The van der Waals surface area contributed by atoms with Crippen molar-refractivity contribution in [3.8, 4) is 5.75 Å². The summed E-state index contributed by atoms with van der Waals surface area (Å²) in [4.78, 5) is 0. The molecule has 0 amide bonds. The minimum absolute atomic E-state index is 0.282. The van der Waals surface area contributed by atoms with Crippen LogP contribution in [-0.2, 0) is 4.74 Å². The Hall–Kier alpha value is -1.06. The van der Waals surface area contributed by atoms with Gasteiger partial charge in [0.05, 0.1) is 7.11 Å². The lowest BCUT2D eigenvalue weighted by Gasteiger charge is -2.22. The van der Waals surface area contributed by atoms with Crippen LogP contribution in [0.25, 0.3) is 0 Å². The summed E-state index contributed by atoms with van der Waals surface area (Å²) in [6.45, 7) is 8.02. The molecule has 0 aromatic heterocycles. The zero-order valence-electron chi connectivity index (χ0n) is 12.2. The van der Waals surface area contributed by atoms with Crippen molar-refractivity contribution in [1.82, 2.24) is 5.32 Å². The summed E-state index contributed by atoms with van der Waals surface area (Å²) in [5, 5.41) is 3.50. The molecule has 1 unspecified atom stereocenters. The van der Waals surface area contributed by atoms with E-state index in [1.165, 1.54) is 16.7 Å². The Bertz CT molecular complexity index is 377. The van der Waals surface area contributed by atoms with E-state index in [9.17, 15) is 0 Å². The van der Waals surface area contributed by atoms with E-state index in [0.29, 0.717) is 0 Å². The number of aryl methyl sites for hydroxylation is 1. The quantitative estimate of drug-likeness (QED) is 0.808. The molecule has 0 aliphatic rings. The third-order valence-electron chi connectivity index (χ3n) is 3.35. The van der Waals surface area contributed by atoms with Crippen LogP contribution >= 0.6 is 0 Å². The monoisotopic (exact) mass is 251 g/mol. The van der Waals surface area contributed by atoms with Crippen molar-refractivity contribution in [3.63, 3.8) is 0 Å². The zero-order chi connectivity index (χ0) is 13.5. The molecule has 0 spiro atoms. The van der Waals surface area contributed by atoms with E-state index >= 15 is 0 Å². The highest BCUT2D eigenvalue weighted by atomic mass is 16.5. The summed E-state index contributed by atoms with van der Waals surface area (Å²) >= 11 is 0. The number of rotatable bonds is 7. The molecule has 0 saturated carbocycles. The van der Waals surface area contributed by atoms with Crippen molar-refractivity contribution in [2.45, 2.75) is 33.2 Å². The van der Waals surface area contributed by atoms with Gasteiger partial charge in [-0.25, -0.2) is 0 Å². The molecule has 0 heterocycles. The summed E-state index contributed by atoms with van der Waals surface area (Å²) in [5.41, 5.74) is 3.70. The second kappa shape index (κ2) is 7.39. The standard InChI is InChI=1S/C15H25NO2/c1-6-16-14(9-10-17-4)13-8-7-11(2)12(3)15(13)18-5/h7-8,14,16H,6,9-10H2,1-5H3. The Morgan fingerprint density at radius 1 is 1.22 bits per heavy atom. The third kappa shape index (κ3) is 3.47. The number of nitrogens with one attached hydrogen (secondary N) is 1. The summed E-state index contributed by atoms with van der Waals surface area (Å²) in [7, 11) is 3.48. The van der Waals surface area contributed by atoms with Crippen molar-refractivity contribution in [2.24, 2.45) is 0 Å². The Labute approximate surface area is 110 Å². The molecule has 0 aliphatic heterocycles. The summed E-state index contributed by atoms with van der Waals surface area (Å²) in [6.07, 6.45) is 0.948.